The van der Waals surface area contributed by atoms with E-state index in [1.165, 1.54) is 49.0 Å². The number of aryl methyl sites for hydroxylation is 1. The molecule has 2 heteroatoms. The van der Waals surface area contributed by atoms with E-state index in [1.54, 1.807) is 0 Å². The van der Waals surface area contributed by atoms with Crippen LogP contribution in [0.1, 0.15) is 42.2 Å². The summed E-state index contributed by atoms with van der Waals surface area (Å²) >= 11 is 8.63. The Balaban J connectivity index is 2.06. The maximum Gasteiger partial charge on any atom is 0.0616 e. The average molecular weight is 269 g/mol. The number of benzene rings is 1. The van der Waals surface area contributed by atoms with Crippen LogP contribution in [0, 0.1) is 5.92 Å². The molecule has 0 saturated heterocycles. The standard InChI is InChI=1S/C15H21ClS/c1-17-11-5-9-13-8-4-7-12-6-2-3-10-14(12)15(13)16/h2-3,6,10,13,15H,4-5,7-9,11H2,1H3. The Labute approximate surface area is 114 Å². The van der Waals surface area contributed by atoms with Crippen LogP contribution in [0.3, 0.4) is 0 Å². The Morgan fingerprint density at radius 1 is 1.35 bits per heavy atom. The Hall–Kier alpha value is -0.140. The van der Waals surface area contributed by atoms with Gasteiger partial charge in [0.05, 0.1) is 5.38 Å². The zero-order valence-electron chi connectivity index (χ0n) is 10.5. The molecule has 0 bridgehead atoms. The van der Waals surface area contributed by atoms with Crippen LogP contribution in [-0.4, -0.2) is 12.0 Å². The Morgan fingerprint density at radius 2 is 2.18 bits per heavy atom. The predicted molar refractivity (Wildman–Crippen MR) is 79.1 cm³/mol. The van der Waals surface area contributed by atoms with E-state index in [9.17, 15) is 0 Å². The summed E-state index contributed by atoms with van der Waals surface area (Å²) in [5.74, 6) is 1.94. The van der Waals surface area contributed by atoms with Crippen molar-refractivity contribution in [3.8, 4) is 0 Å². The van der Waals surface area contributed by atoms with Gasteiger partial charge in [-0.2, -0.15) is 11.8 Å². The number of thioether (sulfide) groups is 1. The third-order valence-corrected chi connectivity index (χ3v) is 5.00. The molecule has 2 atom stereocenters. The highest BCUT2D eigenvalue weighted by Crippen LogP contribution is 2.40. The van der Waals surface area contributed by atoms with Crippen LogP contribution in [0.5, 0.6) is 0 Å². The van der Waals surface area contributed by atoms with Gasteiger partial charge in [-0.25, -0.2) is 0 Å². The van der Waals surface area contributed by atoms with Gasteiger partial charge in [-0.15, -0.1) is 11.6 Å². The van der Waals surface area contributed by atoms with E-state index in [0.29, 0.717) is 5.92 Å². The lowest BCUT2D eigenvalue weighted by Crippen LogP contribution is -2.07. The number of hydrogen-bond donors (Lipinski definition) is 0. The molecule has 1 aromatic rings. The summed E-state index contributed by atoms with van der Waals surface area (Å²) in [4.78, 5) is 0. The third kappa shape index (κ3) is 3.42. The molecule has 0 aromatic heterocycles. The summed E-state index contributed by atoms with van der Waals surface area (Å²) in [6.45, 7) is 0. The fraction of sp³-hybridized carbons (Fsp3) is 0.600. The lowest BCUT2D eigenvalue weighted by atomic mass is 9.92. The Morgan fingerprint density at radius 3 is 3.00 bits per heavy atom. The minimum absolute atomic E-state index is 0.232. The van der Waals surface area contributed by atoms with Crippen molar-refractivity contribution < 1.29 is 0 Å². The number of hydrogen-bond acceptors (Lipinski definition) is 1. The van der Waals surface area contributed by atoms with Gasteiger partial charge in [-0.05, 0) is 61.2 Å². The molecule has 0 heterocycles. The largest absolute Gasteiger partial charge is 0.165 e. The minimum atomic E-state index is 0.232. The van der Waals surface area contributed by atoms with Crippen molar-refractivity contribution in [2.24, 2.45) is 5.92 Å². The molecule has 2 unspecified atom stereocenters. The second kappa shape index (κ2) is 6.70. The summed E-state index contributed by atoms with van der Waals surface area (Å²) in [5, 5.41) is 0.232. The van der Waals surface area contributed by atoms with Crippen molar-refractivity contribution in [3.63, 3.8) is 0 Å². The molecule has 0 N–H and O–H groups in total. The fourth-order valence-electron chi connectivity index (χ4n) is 2.77. The summed E-state index contributed by atoms with van der Waals surface area (Å²) in [5.41, 5.74) is 2.86. The molecule has 17 heavy (non-hydrogen) atoms. The summed E-state index contributed by atoms with van der Waals surface area (Å²) in [7, 11) is 0. The first-order chi connectivity index (χ1) is 8.33. The monoisotopic (exact) mass is 268 g/mol. The van der Waals surface area contributed by atoms with Gasteiger partial charge >= 0.3 is 0 Å². The van der Waals surface area contributed by atoms with Crippen molar-refractivity contribution in [3.05, 3.63) is 35.4 Å². The van der Waals surface area contributed by atoms with E-state index < -0.39 is 0 Å². The molecule has 0 amide bonds. The van der Waals surface area contributed by atoms with Crippen molar-refractivity contribution in [2.45, 2.75) is 37.5 Å². The molecular formula is C15H21ClS. The molecule has 1 aromatic carbocycles. The fourth-order valence-corrected chi connectivity index (χ4v) is 3.69. The van der Waals surface area contributed by atoms with E-state index in [2.05, 4.69) is 30.5 Å². The minimum Gasteiger partial charge on any atom is -0.165 e. The van der Waals surface area contributed by atoms with Gasteiger partial charge in [0.15, 0.2) is 0 Å². The Bertz CT molecular complexity index is 351. The van der Waals surface area contributed by atoms with Crippen LogP contribution >= 0.6 is 23.4 Å². The highest BCUT2D eigenvalue weighted by Gasteiger charge is 2.25. The highest BCUT2D eigenvalue weighted by molar-refractivity contribution is 7.98. The number of halogens is 1. The zero-order chi connectivity index (χ0) is 12.1. The summed E-state index contributed by atoms with van der Waals surface area (Å²) in [6.07, 6.45) is 8.56. The van der Waals surface area contributed by atoms with E-state index in [-0.39, 0.29) is 5.38 Å². The summed E-state index contributed by atoms with van der Waals surface area (Å²) in [6, 6.07) is 8.73. The van der Waals surface area contributed by atoms with Gasteiger partial charge in [0.25, 0.3) is 0 Å². The number of rotatable bonds is 4. The van der Waals surface area contributed by atoms with Crippen LogP contribution in [0.25, 0.3) is 0 Å². The molecule has 1 aliphatic rings. The number of alkyl halides is 1. The van der Waals surface area contributed by atoms with E-state index in [1.807, 2.05) is 11.8 Å². The first-order valence-electron chi connectivity index (χ1n) is 6.53. The topological polar surface area (TPSA) is 0 Å². The quantitative estimate of drug-likeness (QED) is 0.418. The van der Waals surface area contributed by atoms with Gasteiger partial charge in [0.2, 0.25) is 0 Å². The van der Waals surface area contributed by atoms with E-state index in [0.717, 1.165) is 0 Å². The van der Waals surface area contributed by atoms with Crippen LogP contribution in [0.15, 0.2) is 24.3 Å². The molecule has 0 spiro atoms. The van der Waals surface area contributed by atoms with Gasteiger partial charge in [0, 0.05) is 0 Å². The maximum absolute atomic E-state index is 6.69. The molecule has 0 nitrogen and oxygen atoms in total. The second-order valence-corrected chi connectivity index (χ2v) is 6.34. The lowest BCUT2D eigenvalue weighted by molar-refractivity contribution is 0.432. The van der Waals surface area contributed by atoms with Crippen LogP contribution < -0.4 is 0 Å². The molecule has 0 fully saturated rings. The Kier molecular flexibility index (Phi) is 5.24. The second-order valence-electron chi connectivity index (χ2n) is 4.89. The smallest absolute Gasteiger partial charge is 0.0616 e. The van der Waals surface area contributed by atoms with Crippen molar-refractivity contribution >= 4 is 23.4 Å². The summed E-state index contributed by atoms with van der Waals surface area (Å²) < 4.78 is 0. The van der Waals surface area contributed by atoms with Crippen LogP contribution in [-0.2, 0) is 6.42 Å². The lowest BCUT2D eigenvalue weighted by Gasteiger charge is -2.21. The highest BCUT2D eigenvalue weighted by atomic mass is 35.5. The van der Waals surface area contributed by atoms with Crippen molar-refractivity contribution in [2.75, 3.05) is 12.0 Å². The molecule has 94 valence electrons. The molecule has 2 rings (SSSR count). The van der Waals surface area contributed by atoms with Crippen LogP contribution in [0.2, 0.25) is 0 Å². The maximum atomic E-state index is 6.69. The third-order valence-electron chi connectivity index (χ3n) is 3.71. The first-order valence-corrected chi connectivity index (χ1v) is 8.36. The van der Waals surface area contributed by atoms with E-state index in [4.69, 9.17) is 11.6 Å². The average Bonchev–Trinajstić information content (AvgIpc) is 2.51. The molecule has 1 aliphatic carbocycles. The first kappa shape index (κ1) is 13.3. The molecule has 0 saturated carbocycles. The predicted octanol–water partition coefficient (Wildman–Crippen LogP) is 5.06. The van der Waals surface area contributed by atoms with Gasteiger partial charge < -0.3 is 0 Å². The molecular weight excluding hydrogens is 248 g/mol. The normalized spacial score (nSPS) is 24.1. The van der Waals surface area contributed by atoms with Crippen molar-refractivity contribution in [1.82, 2.24) is 0 Å². The van der Waals surface area contributed by atoms with E-state index >= 15 is 0 Å². The zero-order valence-corrected chi connectivity index (χ0v) is 12.1. The SMILES string of the molecule is CSCCCC1CCCc2ccccc2C1Cl. The molecule has 0 radical (unpaired) electrons. The van der Waals surface area contributed by atoms with Gasteiger partial charge in [0.1, 0.15) is 0 Å². The number of fused-ring (bicyclic) bond motifs is 1. The van der Waals surface area contributed by atoms with Crippen LogP contribution in [0.4, 0.5) is 0 Å². The molecule has 0 aliphatic heterocycles. The van der Waals surface area contributed by atoms with Gasteiger partial charge in [-0.1, -0.05) is 24.3 Å². The van der Waals surface area contributed by atoms with Gasteiger partial charge in [-0.3, -0.25) is 0 Å². The van der Waals surface area contributed by atoms with Crippen molar-refractivity contribution in [1.29, 1.82) is 0 Å².